The first-order valence-electron chi connectivity index (χ1n) is 6.23. The van der Waals surface area contributed by atoms with E-state index < -0.39 is 0 Å². The van der Waals surface area contributed by atoms with Crippen molar-refractivity contribution in [2.24, 2.45) is 11.7 Å². The lowest BCUT2D eigenvalue weighted by Gasteiger charge is -2.23. The minimum atomic E-state index is 0.144. The summed E-state index contributed by atoms with van der Waals surface area (Å²) < 4.78 is 0. The van der Waals surface area contributed by atoms with Crippen molar-refractivity contribution in [1.29, 1.82) is 5.41 Å². The summed E-state index contributed by atoms with van der Waals surface area (Å²) in [6.45, 7) is 7.06. The first-order valence-corrected chi connectivity index (χ1v) is 6.23. The number of amidine groups is 1. The monoisotopic (exact) mass is 233 g/mol. The summed E-state index contributed by atoms with van der Waals surface area (Å²) in [4.78, 5) is 2.35. The van der Waals surface area contributed by atoms with Gasteiger partial charge in [-0.2, -0.15) is 0 Å². The maximum Gasteiger partial charge on any atom is 0.0947 e. The molecule has 0 bridgehead atoms. The van der Waals surface area contributed by atoms with Crippen LogP contribution in [0.1, 0.15) is 19.4 Å². The number of nitrogens with two attached hydrogens (primary N) is 1. The number of likely N-dealkylation sites (N-methyl/N-ethyl adjacent to an activating group) is 1. The molecule has 0 heterocycles. The highest BCUT2D eigenvalue weighted by molar-refractivity contribution is 5.79. The third kappa shape index (κ3) is 5.00. The van der Waals surface area contributed by atoms with Gasteiger partial charge in [-0.1, -0.05) is 44.2 Å². The largest absolute Gasteiger partial charge is 0.387 e. The summed E-state index contributed by atoms with van der Waals surface area (Å²) in [7, 11) is 0. The van der Waals surface area contributed by atoms with E-state index in [1.165, 1.54) is 5.56 Å². The van der Waals surface area contributed by atoms with Gasteiger partial charge in [-0.25, -0.2) is 0 Å². The second-order valence-electron chi connectivity index (χ2n) is 4.49. The summed E-state index contributed by atoms with van der Waals surface area (Å²) in [5, 5.41) is 7.42. The SMILES string of the molecule is CCN(CCc1ccccc1)CC(C)C(=N)N. The zero-order valence-electron chi connectivity index (χ0n) is 10.8. The molecule has 0 aliphatic heterocycles. The smallest absolute Gasteiger partial charge is 0.0947 e. The molecule has 1 aromatic rings. The summed E-state index contributed by atoms with van der Waals surface area (Å²) >= 11 is 0. The molecule has 1 rings (SSSR count). The van der Waals surface area contributed by atoms with Crippen LogP contribution in [0.5, 0.6) is 0 Å². The highest BCUT2D eigenvalue weighted by Gasteiger charge is 2.10. The molecular weight excluding hydrogens is 210 g/mol. The summed E-state index contributed by atoms with van der Waals surface area (Å²) in [6, 6.07) is 10.5. The van der Waals surface area contributed by atoms with E-state index in [2.05, 4.69) is 36.1 Å². The lowest BCUT2D eigenvalue weighted by atomic mass is 10.1. The maximum atomic E-state index is 7.42. The molecule has 3 heteroatoms. The van der Waals surface area contributed by atoms with E-state index in [9.17, 15) is 0 Å². The molecule has 0 amide bonds. The van der Waals surface area contributed by atoms with Crippen LogP contribution in [-0.2, 0) is 6.42 Å². The van der Waals surface area contributed by atoms with Crippen molar-refractivity contribution >= 4 is 5.84 Å². The van der Waals surface area contributed by atoms with Gasteiger partial charge < -0.3 is 10.6 Å². The Labute approximate surface area is 104 Å². The first-order chi connectivity index (χ1) is 8.13. The second kappa shape index (κ2) is 7.07. The van der Waals surface area contributed by atoms with E-state index in [-0.39, 0.29) is 11.8 Å². The standard InChI is InChI=1S/C14H23N3/c1-3-17(11-12(2)14(15)16)10-9-13-7-5-4-6-8-13/h4-8,12H,3,9-11H2,1-2H3,(H3,15,16). The fourth-order valence-corrected chi connectivity index (χ4v) is 1.80. The molecule has 0 aliphatic carbocycles. The van der Waals surface area contributed by atoms with Crippen LogP contribution in [0.2, 0.25) is 0 Å². The van der Waals surface area contributed by atoms with Crippen LogP contribution in [-0.4, -0.2) is 30.4 Å². The van der Waals surface area contributed by atoms with Crippen molar-refractivity contribution in [2.45, 2.75) is 20.3 Å². The molecule has 3 N–H and O–H groups in total. The number of nitrogens with one attached hydrogen (secondary N) is 1. The van der Waals surface area contributed by atoms with Gasteiger partial charge in [0.05, 0.1) is 5.84 Å². The average molecular weight is 233 g/mol. The van der Waals surface area contributed by atoms with Gasteiger partial charge in [-0.3, -0.25) is 5.41 Å². The Balaban J connectivity index is 2.40. The molecule has 0 radical (unpaired) electrons. The molecule has 1 atom stereocenters. The Kier molecular flexibility index (Phi) is 5.70. The van der Waals surface area contributed by atoms with Gasteiger partial charge in [-0.05, 0) is 18.5 Å². The van der Waals surface area contributed by atoms with Crippen LogP contribution in [0.3, 0.4) is 0 Å². The molecule has 0 saturated carbocycles. The number of hydrogen-bond acceptors (Lipinski definition) is 2. The van der Waals surface area contributed by atoms with Crippen molar-refractivity contribution in [2.75, 3.05) is 19.6 Å². The van der Waals surface area contributed by atoms with Crippen LogP contribution >= 0.6 is 0 Å². The Morgan fingerprint density at radius 1 is 1.35 bits per heavy atom. The predicted octanol–water partition coefficient (Wildman–Crippen LogP) is 2.12. The quantitative estimate of drug-likeness (QED) is 0.560. The van der Waals surface area contributed by atoms with Gasteiger partial charge in [0.25, 0.3) is 0 Å². The lowest BCUT2D eigenvalue weighted by molar-refractivity contribution is 0.274. The van der Waals surface area contributed by atoms with Crippen molar-refractivity contribution in [3.05, 3.63) is 35.9 Å². The van der Waals surface area contributed by atoms with Gasteiger partial charge in [0.1, 0.15) is 0 Å². The number of hydrogen-bond donors (Lipinski definition) is 2. The van der Waals surface area contributed by atoms with E-state index in [0.717, 1.165) is 26.1 Å². The molecule has 1 aromatic carbocycles. The molecule has 0 fully saturated rings. The van der Waals surface area contributed by atoms with Gasteiger partial charge in [0, 0.05) is 19.0 Å². The van der Waals surface area contributed by atoms with Crippen molar-refractivity contribution in [3.63, 3.8) is 0 Å². The molecule has 17 heavy (non-hydrogen) atoms. The zero-order chi connectivity index (χ0) is 12.7. The second-order valence-corrected chi connectivity index (χ2v) is 4.49. The molecule has 3 nitrogen and oxygen atoms in total. The molecule has 1 unspecified atom stereocenters. The fraction of sp³-hybridized carbons (Fsp3) is 0.500. The highest BCUT2D eigenvalue weighted by atomic mass is 15.1. The Morgan fingerprint density at radius 3 is 2.53 bits per heavy atom. The van der Waals surface area contributed by atoms with Gasteiger partial charge in [0.2, 0.25) is 0 Å². The lowest BCUT2D eigenvalue weighted by Crippen LogP contribution is -2.35. The van der Waals surface area contributed by atoms with Gasteiger partial charge in [0.15, 0.2) is 0 Å². The predicted molar refractivity (Wildman–Crippen MR) is 73.3 cm³/mol. The summed E-state index contributed by atoms with van der Waals surface area (Å²) in [5.41, 5.74) is 6.87. The molecule has 94 valence electrons. The molecule has 0 aromatic heterocycles. The van der Waals surface area contributed by atoms with Gasteiger partial charge in [-0.15, -0.1) is 0 Å². The first kappa shape index (κ1) is 13.7. The van der Waals surface area contributed by atoms with E-state index in [0.29, 0.717) is 0 Å². The number of nitrogens with zero attached hydrogens (tertiary/aromatic N) is 1. The summed E-state index contributed by atoms with van der Waals surface area (Å²) in [5.74, 6) is 0.425. The molecular formula is C14H23N3. The van der Waals surface area contributed by atoms with Crippen LogP contribution in [0.25, 0.3) is 0 Å². The Hall–Kier alpha value is -1.35. The van der Waals surface area contributed by atoms with Crippen molar-refractivity contribution in [1.82, 2.24) is 4.90 Å². The zero-order valence-corrected chi connectivity index (χ0v) is 10.8. The fourth-order valence-electron chi connectivity index (χ4n) is 1.80. The van der Waals surface area contributed by atoms with Crippen molar-refractivity contribution in [3.8, 4) is 0 Å². The average Bonchev–Trinajstić information content (AvgIpc) is 2.35. The van der Waals surface area contributed by atoms with E-state index in [4.69, 9.17) is 11.1 Å². The van der Waals surface area contributed by atoms with Gasteiger partial charge >= 0.3 is 0 Å². The maximum absolute atomic E-state index is 7.42. The molecule has 0 saturated heterocycles. The van der Waals surface area contributed by atoms with E-state index in [1.54, 1.807) is 0 Å². The molecule has 0 aliphatic rings. The van der Waals surface area contributed by atoms with E-state index in [1.807, 2.05) is 13.0 Å². The Morgan fingerprint density at radius 2 is 2.00 bits per heavy atom. The third-order valence-corrected chi connectivity index (χ3v) is 3.07. The summed E-state index contributed by atoms with van der Waals surface area (Å²) in [6.07, 6.45) is 1.05. The minimum absolute atomic E-state index is 0.144. The van der Waals surface area contributed by atoms with Crippen LogP contribution in [0.4, 0.5) is 0 Å². The van der Waals surface area contributed by atoms with Crippen LogP contribution < -0.4 is 5.73 Å². The third-order valence-electron chi connectivity index (χ3n) is 3.07. The highest BCUT2D eigenvalue weighted by Crippen LogP contribution is 2.04. The van der Waals surface area contributed by atoms with Crippen LogP contribution in [0.15, 0.2) is 30.3 Å². The topological polar surface area (TPSA) is 53.1 Å². The van der Waals surface area contributed by atoms with Crippen molar-refractivity contribution < 1.29 is 0 Å². The number of benzene rings is 1. The molecule has 0 spiro atoms. The minimum Gasteiger partial charge on any atom is -0.387 e. The Bertz CT molecular complexity index is 335. The number of rotatable bonds is 7. The normalized spacial score (nSPS) is 12.6. The van der Waals surface area contributed by atoms with E-state index >= 15 is 0 Å². The van der Waals surface area contributed by atoms with Crippen LogP contribution in [0, 0.1) is 11.3 Å².